The molecule has 0 amide bonds. The standard InChI is InChI=1S/C27H29BrN6O3S.C17H16BrN3O4S2.C17H16BrN3O3S2.C9H11ClO2S.C8H6BrN3OS.C8H7N3OS/c1-3-38(36,37)24-7-5-4-6-19(24)18-34-25-20(16-23(28)26(34)35)17-29-27(31-25)30-21-8-10-22(11-9-21)33-14-12-32(2)13-15-33;1-3-27(24,25)14-7-5-4-6-11(14)10-21-15-12(8-13(18)16(21)22)9-19-17(20-15)26(2)23;1-3-26(23,24)14-7-5-4-6-11(14)10-21-15-12(8-13(18)16(21)22)9-19-17(20-15)25-2;1-2-13(11,12)9-6-4-3-5-8(9)7-10;1-14-8-10-3-4-2-5(9)7(13)11-6(4)12-8;1-13-8-9-4-5-2-3-6(12)10-7(5)11-8/h4-11,16-17H,3,12-15,18H2,1-2H3,(H,29,30,31);4-9H,3,10H2,1-2H3;4-9H,3,10H2,1-2H3;3-6H,2,7H2,1H3;2-3H,1H3,(H,10,11,12,13);2-4H,1H3,(H,9,10,11,12). The van der Waals surface area contributed by atoms with Gasteiger partial charge in [-0.2, -0.15) is 4.98 Å². The predicted molar refractivity (Wildman–Crippen MR) is 533 cm³/mol. The first-order valence-corrected chi connectivity index (χ1v) is 55.2. The molecule has 1 unspecified atom stereocenters. The number of sulfone groups is 4. The zero-order valence-electron chi connectivity index (χ0n) is 71.5. The molecule has 10 aromatic heterocycles. The number of nitrogens with one attached hydrogen (secondary N) is 3. The Kier molecular flexibility index (Phi) is 35.6. The second-order valence-electron chi connectivity index (χ2n) is 28.4. The van der Waals surface area contributed by atoms with Crippen LogP contribution in [0.2, 0.25) is 0 Å². The maximum Gasteiger partial charge on any atom is 0.266 e. The Bertz CT molecular complexity index is 7620. The second kappa shape index (κ2) is 45.8. The number of aromatic amines is 2. The van der Waals surface area contributed by atoms with Crippen molar-refractivity contribution in [2.24, 2.45) is 0 Å². The van der Waals surface area contributed by atoms with Gasteiger partial charge in [0.2, 0.25) is 16.7 Å². The van der Waals surface area contributed by atoms with E-state index < -0.39 is 50.1 Å². The number of H-pyrrole nitrogens is 2. The molecule has 0 spiro atoms. The van der Waals surface area contributed by atoms with E-state index >= 15 is 0 Å². The highest BCUT2D eigenvalue weighted by atomic mass is 79.9. The van der Waals surface area contributed by atoms with E-state index in [9.17, 15) is 61.9 Å². The number of fused-ring (bicyclic) bond motifs is 5. The molecule has 45 heteroatoms. The third kappa shape index (κ3) is 25.6. The van der Waals surface area contributed by atoms with Crippen LogP contribution in [-0.4, -0.2) is 198 Å². The minimum absolute atomic E-state index is 0.00304. The smallest absolute Gasteiger partial charge is 0.266 e. The molecule has 0 aliphatic carbocycles. The van der Waals surface area contributed by atoms with Crippen LogP contribution in [0, 0.1) is 0 Å². The van der Waals surface area contributed by atoms with Gasteiger partial charge in [0.1, 0.15) is 28.2 Å². The molecule has 686 valence electrons. The van der Waals surface area contributed by atoms with Crippen molar-refractivity contribution in [3.05, 3.63) is 281 Å². The van der Waals surface area contributed by atoms with Gasteiger partial charge in [-0.3, -0.25) is 41.9 Å². The van der Waals surface area contributed by atoms with Crippen molar-refractivity contribution in [3.63, 3.8) is 0 Å². The Hall–Kier alpha value is -9.68. The maximum atomic E-state index is 13.2. The van der Waals surface area contributed by atoms with Gasteiger partial charge in [-0.15, -0.1) is 11.6 Å². The highest BCUT2D eigenvalue weighted by Gasteiger charge is 2.25. The summed E-state index contributed by atoms with van der Waals surface area (Å²) in [5, 5.41) is 8.78. The molecule has 5 aromatic carbocycles. The van der Waals surface area contributed by atoms with E-state index in [1.54, 1.807) is 174 Å². The second-order valence-corrected chi connectivity index (χ2v) is 44.6. The summed E-state index contributed by atoms with van der Waals surface area (Å²) in [6.45, 7) is 10.6. The van der Waals surface area contributed by atoms with E-state index in [2.05, 4.69) is 158 Å². The van der Waals surface area contributed by atoms with Gasteiger partial charge < -0.3 is 25.1 Å². The van der Waals surface area contributed by atoms with Crippen molar-refractivity contribution in [3.8, 4) is 0 Å². The molecule has 32 nitrogen and oxygen atoms in total. The third-order valence-corrected chi connectivity index (χ3v) is 32.3. The third-order valence-electron chi connectivity index (χ3n) is 20.0. The number of likely N-dealkylation sites (N-methyl/N-ethyl adjacent to an activating group) is 1. The molecule has 16 rings (SSSR count). The van der Waals surface area contributed by atoms with Gasteiger partial charge in [0, 0.05) is 114 Å². The van der Waals surface area contributed by atoms with Crippen LogP contribution in [0.25, 0.3) is 55.2 Å². The Morgan fingerprint density at radius 2 is 0.794 bits per heavy atom. The van der Waals surface area contributed by atoms with E-state index in [-0.39, 0.29) is 96.2 Å². The van der Waals surface area contributed by atoms with E-state index in [1.165, 1.54) is 79.3 Å². The number of hydrogen-bond donors (Lipinski definition) is 3. The van der Waals surface area contributed by atoms with Gasteiger partial charge in [-0.25, -0.2) is 78.5 Å². The molecule has 131 heavy (non-hydrogen) atoms. The number of hydrogen-bond acceptors (Lipinski definition) is 30. The Balaban J connectivity index is 0.000000159. The fourth-order valence-electron chi connectivity index (χ4n) is 13.0. The number of alkyl halides is 1. The molecule has 3 N–H and O–H groups in total. The highest BCUT2D eigenvalue weighted by Crippen LogP contribution is 2.29. The number of rotatable bonds is 22. The first-order valence-electron chi connectivity index (χ1n) is 39.6. The predicted octanol–water partition coefficient (Wildman–Crippen LogP) is 14.2. The van der Waals surface area contributed by atoms with Crippen LogP contribution < -0.4 is 38.0 Å². The molecule has 0 bridgehead atoms. The van der Waals surface area contributed by atoms with Crippen LogP contribution in [0.5, 0.6) is 0 Å². The SMILES string of the molecule is CCS(=O)(=O)c1ccccc1CCl.CCS(=O)(=O)c1ccccc1Cn1c(=O)c(Br)cc2cnc(Nc3ccc(N4CCN(C)CC4)cc3)nc21.CCS(=O)(=O)c1ccccc1Cn1c(=O)c(Br)cc2cnc(S(C)=O)nc21.CCS(=O)(=O)c1ccccc1Cn1c(=O)c(Br)cc2cnc(SC)nc21.CSc1ncc2cc(Br)c(=O)[nH]c2n1.CSc1ncc2ccc(=O)[nH]c2n1. The molecule has 1 aliphatic rings. The summed E-state index contributed by atoms with van der Waals surface area (Å²) in [5.41, 5.74) is 5.32. The molecule has 0 radical (unpaired) electrons. The lowest BCUT2D eigenvalue weighted by molar-refractivity contribution is 0.313. The van der Waals surface area contributed by atoms with Gasteiger partial charge in [0.25, 0.3) is 22.2 Å². The van der Waals surface area contributed by atoms with Gasteiger partial charge in [0.15, 0.2) is 54.8 Å². The summed E-state index contributed by atoms with van der Waals surface area (Å²) in [4.78, 5) is 114. The van der Waals surface area contributed by atoms with Gasteiger partial charge in [-0.1, -0.05) is 136 Å². The van der Waals surface area contributed by atoms with Crippen LogP contribution >= 0.6 is 111 Å². The van der Waals surface area contributed by atoms with E-state index in [0.29, 0.717) is 111 Å². The van der Waals surface area contributed by atoms with Crippen LogP contribution in [0.4, 0.5) is 17.3 Å². The lowest BCUT2D eigenvalue weighted by Gasteiger charge is -2.34. The largest absolute Gasteiger partial charge is 0.369 e. The number of benzene rings is 5. The maximum absolute atomic E-state index is 13.2. The molecular formula is C86H85Br4ClN18O14S8. The fraction of sp³-hybridized carbons (Fsp3) is 0.244. The van der Waals surface area contributed by atoms with Crippen LogP contribution in [0.15, 0.2) is 271 Å². The number of thioether (sulfide) groups is 3. The summed E-state index contributed by atoms with van der Waals surface area (Å²) in [5.74, 6) is 0.615. The average Bonchev–Trinajstić information content (AvgIpc) is 0.776. The van der Waals surface area contributed by atoms with E-state index in [4.69, 9.17) is 11.6 Å². The zero-order chi connectivity index (χ0) is 94.8. The summed E-state index contributed by atoms with van der Waals surface area (Å²) in [7, 11) is -12.7. The minimum Gasteiger partial charge on any atom is -0.369 e. The van der Waals surface area contributed by atoms with E-state index in [1.807, 2.05) is 30.9 Å². The first kappa shape index (κ1) is 102. The quantitative estimate of drug-likeness (QED) is 0.0322. The van der Waals surface area contributed by atoms with E-state index in [0.717, 1.165) is 42.6 Å². The van der Waals surface area contributed by atoms with Crippen molar-refractivity contribution in [1.29, 1.82) is 0 Å². The van der Waals surface area contributed by atoms with Crippen molar-refractivity contribution in [2.45, 2.75) is 93.4 Å². The van der Waals surface area contributed by atoms with Crippen molar-refractivity contribution in [1.82, 2.24) is 78.4 Å². The Morgan fingerprint density at radius 1 is 0.427 bits per heavy atom. The number of nitrogens with zero attached hydrogens (tertiary/aromatic N) is 15. The topological polar surface area (TPSA) is 433 Å². The zero-order valence-corrected chi connectivity index (χ0v) is 85.1. The van der Waals surface area contributed by atoms with Crippen LogP contribution in [0.1, 0.15) is 49.9 Å². The highest BCUT2D eigenvalue weighted by molar-refractivity contribution is 9.11. The molecule has 1 fully saturated rings. The molecule has 0 saturated carbocycles. The molecule has 1 atom stereocenters. The summed E-state index contributed by atoms with van der Waals surface area (Å²) < 4.78 is 116. The van der Waals surface area contributed by atoms with Gasteiger partial charge in [0.05, 0.1) is 90.9 Å². The normalized spacial score (nSPS) is 12.6. The Labute approximate surface area is 807 Å². The van der Waals surface area contributed by atoms with Crippen molar-refractivity contribution >= 4 is 233 Å². The number of pyridine rings is 5. The lowest BCUT2D eigenvalue weighted by Crippen LogP contribution is -2.44. The number of anilines is 3. The molecule has 11 heterocycles. The summed E-state index contributed by atoms with van der Waals surface area (Å²) >= 11 is 22.9. The summed E-state index contributed by atoms with van der Waals surface area (Å²) in [6, 6.07) is 44.8. The van der Waals surface area contributed by atoms with Crippen molar-refractivity contribution in [2.75, 3.05) is 91.5 Å². The van der Waals surface area contributed by atoms with Gasteiger partial charge in [-0.05, 0) is 191 Å². The average molecular weight is 2210 g/mol. The molecule has 1 aliphatic heterocycles. The molecule has 1 saturated heterocycles. The lowest BCUT2D eigenvalue weighted by atomic mass is 10.2. The van der Waals surface area contributed by atoms with Crippen LogP contribution in [0.3, 0.4) is 0 Å². The molecule has 15 aromatic rings. The monoisotopic (exact) mass is 2200 g/mol. The number of aromatic nitrogens is 15. The minimum atomic E-state index is -3.47. The van der Waals surface area contributed by atoms with Crippen LogP contribution in [-0.2, 0) is 75.7 Å². The molecular weight excluding hydrogens is 2120 g/mol. The number of piperazine rings is 1. The van der Waals surface area contributed by atoms with Gasteiger partial charge >= 0.3 is 0 Å². The van der Waals surface area contributed by atoms with Crippen molar-refractivity contribution < 1.29 is 37.9 Å². The first-order chi connectivity index (χ1) is 62.5. The number of halogens is 5. The summed E-state index contributed by atoms with van der Waals surface area (Å²) in [6.07, 6.45) is 15.3. The Morgan fingerprint density at radius 3 is 1.22 bits per heavy atom. The fourth-order valence-corrected chi connectivity index (χ4v) is 21.0.